The van der Waals surface area contributed by atoms with E-state index in [0.717, 1.165) is 57.8 Å². The van der Waals surface area contributed by atoms with Crippen LogP contribution in [0.4, 0.5) is 0 Å². The molecule has 0 saturated carbocycles. The average Bonchev–Trinajstić information content (AvgIpc) is 3.11. The number of aliphatic carboxylic acids is 2. The van der Waals surface area contributed by atoms with Crippen LogP contribution in [0.1, 0.15) is 123 Å². The van der Waals surface area contributed by atoms with E-state index in [1.807, 2.05) is 13.8 Å². The molecule has 0 spiro atoms. The lowest BCUT2D eigenvalue weighted by molar-refractivity contribution is -0.142. The molecule has 15 heteroatoms. The average molecular weight is 761 g/mol. The Labute approximate surface area is 315 Å². The van der Waals surface area contributed by atoms with E-state index < -0.39 is 18.0 Å². The number of thioether (sulfide) groups is 1. The number of ether oxygens (including phenoxy) is 2. The molecule has 6 N–H and O–H groups in total. The Morgan fingerprint density at radius 1 is 0.635 bits per heavy atom. The van der Waals surface area contributed by atoms with E-state index in [9.17, 15) is 33.9 Å². The Bertz CT molecular complexity index is 1000. The highest BCUT2D eigenvalue weighted by Gasteiger charge is 2.22. The van der Waals surface area contributed by atoms with E-state index >= 15 is 0 Å². The van der Waals surface area contributed by atoms with Crippen molar-refractivity contribution in [3.05, 3.63) is 0 Å². The van der Waals surface area contributed by atoms with Crippen molar-refractivity contribution in [1.29, 1.82) is 0 Å². The first kappa shape index (κ1) is 49.2. The molecule has 14 nitrogen and oxygen atoms in total. The minimum absolute atomic E-state index is 0.00641. The fourth-order valence-corrected chi connectivity index (χ4v) is 6.21. The first-order valence-corrected chi connectivity index (χ1v) is 20.4. The molecular weight excluding hydrogens is 692 g/mol. The normalized spacial score (nSPS) is 12.8. The third-order valence-corrected chi connectivity index (χ3v) is 9.69. The lowest BCUT2D eigenvalue weighted by atomic mass is 9.99. The third kappa shape index (κ3) is 29.8. The second-order valence-electron chi connectivity index (χ2n) is 13.1. The smallest absolute Gasteiger partial charge is 0.326 e. The molecule has 0 aliphatic carbocycles. The van der Waals surface area contributed by atoms with Crippen LogP contribution in [0.25, 0.3) is 0 Å². The van der Waals surface area contributed by atoms with Crippen molar-refractivity contribution in [2.24, 2.45) is 5.92 Å². The quantitative estimate of drug-likeness (QED) is 0.0495. The Morgan fingerprint density at radius 2 is 1.13 bits per heavy atom. The predicted molar refractivity (Wildman–Crippen MR) is 203 cm³/mol. The Hall–Kier alpha value is -2.75. The minimum atomic E-state index is -1.17. The van der Waals surface area contributed by atoms with Gasteiger partial charge in [0, 0.05) is 44.0 Å². The van der Waals surface area contributed by atoms with Gasteiger partial charge in [-0.15, -0.1) is 11.8 Å². The largest absolute Gasteiger partial charge is 0.481 e. The molecule has 0 aromatic rings. The van der Waals surface area contributed by atoms with E-state index in [2.05, 4.69) is 21.3 Å². The number of rotatable bonds is 37. The molecule has 0 aliphatic heterocycles. The molecule has 0 fully saturated rings. The summed E-state index contributed by atoms with van der Waals surface area (Å²) in [6, 6.07) is -1.39. The SMILES string of the molecule is CCC(C)C(=O)C(CSCC(=O)NCCOCCOCCNC(=O)CCC(NC(=O)CCCCCCCCCCCCCCC(=O)O)C(=O)O)NC. The number of carboxylic acids is 2. The van der Waals surface area contributed by atoms with Gasteiger partial charge in [-0.3, -0.25) is 24.0 Å². The number of ketones is 1. The summed E-state index contributed by atoms with van der Waals surface area (Å²) in [4.78, 5) is 70.9. The number of hydrogen-bond donors (Lipinski definition) is 6. The Balaban J connectivity index is 3.76. The number of likely N-dealkylation sites (N-methyl/N-ethyl adjacent to an activating group) is 1. The van der Waals surface area contributed by atoms with Gasteiger partial charge >= 0.3 is 11.9 Å². The molecule has 0 aliphatic rings. The zero-order valence-electron chi connectivity index (χ0n) is 32.0. The van der Waals surface area contributed by atoms with E-state index in [-0.39, 0.29) is 80.1 Å². The second kappa shape index (κ2) is 34.0. The summed E-state index contributed by atoms with van der Waals surface area (Å²) in [5, 5.41) is 29.1. The van der Waals surface area contributed by atoms with Crippen LogP contribution in [0.2, 0.25) is 0 Å². The molecule has 3 amide bonds. The number of nitrogens with one attached hydrogen (secondary N) is 4. The molecular formula is C37H68N4O10S. The van der Waals surface area contributed by atoms with Crippen LogP contribution < -0.4 is 21.3 Å². The molecule has 3 unspecified atom stereocenters. The van der Waals surface area contributed by atoms with E-state index in [1.54, 1.807) is 7.05 Å². The summed E-state index contributed by atoms with van der Waals surface area (Å²) in [6.45, 7) is 5.71. The number of carboxylic acid groups (broad SMARTS) is 2. The van der Waals surface area contributed by atoms with E-state index in [0.29, 0.717) is 38.5 Å². The number of amides is 3. The molecule has 0 saturated heterocycles. The van der Waals surface area contributed by atoms with Crippen molar-refractivity contribution in [1.82, 2.24) is 21.3 Å². The van der Waals surface area contributed by atoms with Crippen LogP contribution in [0.15, 0.2) is 0 Å². The lowest BCUT2D eigenvalue weighted by Gasteiger charge is -2.18. The Kier molecular flexibility index (Phi) is 32.2. The minimum Gasteiger partial charge on any atom is -0.481 e. The van der Waals surface area contributed by atoms with Crippen molar-refractivity contribution in [2.45, 2.75) is 135 Å². The third-order valence-electron chi connectivity index (χ3n) is 8.65. The van der Waals surface area contributed by atoms with E-state index in [1.165, 1.54) is 31.0 Å². The summed E-state index contributed by atoms with van der Waals surface area (Å²) in [7, 11) is 1.75. The van der Waals surface area contributed by atoms with Crippen LogP contribution in [0.3, 0.4) is 0 Å². The van der Waals surface area contributed by atoms with Gasteiger partial charge in [-0.05, 0) is 32.7 Å². The van der Waals surface area contributed by atoms with Gasteiger partial charge in [-0.1, -0.05) is 78.1 Å². The number of unbranched alkanes of at least 4 members (excludes halogenated alkanes) is 11. The van der Waals surface area contributed by atoms with Gasteiger partial charge in [0.05, 0.1) is 38.2 Å². The maximum atomic E-state index is 12.3. The molecule has 0 rings (SSSR count). The number of Topliss-reactive ketones (excluding diaryl/α,β-unsaturated/α-hetero) is 1. The van der Waals surface area contributed by atoms with Crippen LogP contribution in [0.5, 0.6) is 0 Å². The highest BCUT2D eigenvalue weighted by atomic mass is 32.2. The maximum absolute atomic E-state index is 12.3. The van der Waals surface area contributed by atoms with Crippen molar-refractivity contribution >= 4 is 47.2 Å². The molecule has 52 heavy (non-hydrogen) atoms. The number of carbonyl (C=O) groups is 6. The van der Waals surface area contributed by atoms with Crippen LogP contribution in [-0.4, -0.2) is 116 Å². The monoisotopic (exact) mass is 760 g/mol. The van der Waals surface area contributed by atoms with Gasteiger partial charge in [0.2, 0.25) is 17.7 Å². The Morgan fingerprint density at radius 3 is 1.62 bits per heavy atom. The lowest BCUT2D eigenvalue weighted by Crippen LogP contribution is -2.41. The van der Waals surface area contributed by atoms with Gasteiger partial charge in [-0.2, -0.15) is 0 Å². The standard InChI is InChI=1S/C37H68N4O10S/c1-4-29(2)36(47)31(38-3)27-52-28-34(44)40-22-24-51-26-25-50-23-21-39-32(42)20-19-30(37(48)49)41-33(43)17-15-13-11-9-7-5-6-8-10-12-14-16-18-35(45)46/h29-31,38H,4-28H2,1-3H3,(H,39,42)(H,40,44)(H,41,43)(H,45,46)(H,48,49). The molecule has 0 heterocycles. The van der Waals surface area contributed by atoms with Gasteiger partial charge in [0.25, 0.3) is 0 Å². The van der Waals surface area contributed by atoms with Gasteiger partial charge in [0.15, 0.2) is 5.78 Å². The second-order valence-corrected chi connectivity index (χ2v) is 14.2. The fourth-order valence-electron chi connectivity index (χ4n) is 5.24. The topological polar surface area (TPSA) is 209 Å². The summed E-state index contributed by atoms with van der Waals surface area (Å²) >= 11 is 1.41. The van der Waals surface area contributed by atoms with Crippen LogP contribution in [0, 0.1) is 5.92 Å². The fraction of sp³-hybridized carbons (Fsp3) is 0.838. The van der Waals surface area contributed by atoms with Crippen molar-refractivity contribution < 1.29 is 48.5 Å². The van der Waals surface area contributed by atoms with Crippen molar-refractivity contribution in [3.8, 4) is 0 Å². The maximum Gasteiger partial charge on any atom is 0.326 e. The molecule has 302 valence electrons. The molecule has 3 atom stereocenters. The molecule has 0 bridgehead atoms. The summed E-state index contributed by atoms with van der Waals surface area (Å²) in [5.41, 5.74) is 0. The van der Waals surface area contributed by atoms with E-state index in [4.69, 9.17) is 14.6 Å². The zero-order chi connectivity index (χ0) is 38.8. The summed E-state index contributed by atoms with van der Waals surface area (Å²) in [6.07, 6.45) is 13.7. The zero-order valence-corrected chi connectivity index (χ0v) is 32.8. The van der Waals surface area contributed by atoms with Crippen LogP contribution >= 0.6 is 11.8 Å². The highest BCUT2D eigenvalue weighted by molar-refractivity contribution is 8.00. The number of hydrogen-bond acceptors (Lipinski definition) is 10. The molecule has 0 aromatic heterocycles. The summed E-state index contributed by atoms with van der Waals surface area (Å²) < 4.78 is 10.9. The highest BCUT2D eigenvalue weighted by Crippen LogP contribution is 2.14. The molecule has 0 aromatic carbocycles. The molecule has 0 radical (unpaired) electrons. The summed E-state index contributed by atoms with van der Waals surface area (Å²) in [5.74, 6) is -1.71. The van der Waals surface area contributed by atoms with Crippen molar-refractivity contribution in [2.75, 3.05) is 58.1 Å². The number of carbonyl (C=O) groups excluding carboxylic acids is 4. The van der Waals surface area contributed by atoms with Gasteiger partial charge in [0.1, 0.15) is 6.04 Å². The first-order valence-electron chi connectivity index (χ1n) is 19.2. The predicted octanol–water partition coefficient (Wildman–Crippen LogP) is 4.08. The first-order chi connectivity index (χ1) is 25.0. The van der Waals surface area contributed by atoms with Gasteiger partial charge in [-0.25, -0.2) is 4.79 Å². The van der Waals surface area contributed by atoms with Crippen LogP contribution in [-0.2, 0) is 38.2 Å². The van der Waals surface area contributed by atoms with Crippen molar-refractivity contribution in [3.63, 3.8) is 0 Å². The van der Waals surface area contributed by atoms with Gasteiger partial charge < -0.3 is 41.0 Å².